The Bertz CT molecular complexity index is 818. The predicted molar refractivity (Wildman–Crippen MR) is 102 cm³/mol. The van der Waals surface area contributed by atoms with Gasteiger partial charge in [0.1, 0.15) is 13.1 Å². The zero-order valence-corrected chi connectivity index (χ0v) is 15.8. The molecule has 8 heteroatoms. The predicted octanol–water partition coefficient (Wildman–Crippen LogP) is -0.553. The van der Waals surface area contributed by atoms with Gasteiger partial charge < -0.3 is 15.0 Å². The minimum absolute atomic E-state index is 0.0330. The van der Waals surface area contributed by atoms with Crippen LogP contribution in [-0.2, 0) is 16.6 Å². The number of hydrogen-bond acceptors (Lipinski definition) is 5. The van der Waals surface area contributed by atoms with Gasteiger partial charge in [-0.3, -0.25) is 14.2 Å². The molecule has 2 heterocycles. The van der Waals surface area contributed by atoms with Gasteiger partial charge in [0.15, 0.2) is 5.16 Å². The van der Waals surface area contributed by atoms with E-state index < -0.39 is 0 Å². The van der Waals surface area contributed by atoms with Crippen molar-refractivity contribution in [2.24, 2.45) is 7.05 Å². The third-order valence-electron chi connectivity index (χ3n) is 4.50. The fourth-order valence-electron chi connectivity index (χ4n) is 2.98. The second-order valence-electron chi connectivity index (χ2n) is 6.38. The third-order valence-corrected chi connectivity index (χ3v) is 5.53. The number of morpholine rings is 1. The van der Waals surface area contributed by atoms with Crippen molar-refractivity contribution in [3.05, 3.63) is 34.6 Å². The average molecular weight is 377 g/mol. The van der Waals surface area contributed by atoms with E-state index in [4.69, 9.17) is 4.74 Å². The molecule has 1 aromatic carbocycles. The van der Waals surface area contributed by atoms with Crippen LogP contribution in [0.5, 0.6) is 0 Å². The van der Waals surface area contributed by atoms with Crippen LogP contribution < -0.4 is 15.8 Å². The maximum atomic E-state index is 12.4. The number of nitrogens with zero attached hydrogens (tertiary/aromatic N) is 2. The summed E-state index contributed by atoms with van der Waals surface area (Å²) in [6.07, 6.45) is 0.957. The van der Waals surface area contributed by atoms with Crippen LogP contribution in [0.4, 0.5) is 0 Å². The molecule has 0 aliphatic carbocycles. The summed E-state index contributed by atoms with van der Waals surface area (Å²) in [6, 6.07) is 7.26. The molecule has 0 spiro atoms. The zero-order chi connectivity index (χ0) is 18.4. The van der Waals surface area contributed by atoms with Crippen molar-refractivity contribution in [2.75, 3.05) is 45.1 Å². The molecule has 1 aliphatic heterocycles. The summed E-state index contributed by atoms with van der Waals surface area (Å²) in [6.45, 7) is 5.48. The van der Waals surface area contributed by atoms with E-state index in [-0.39, 0.29) is 17.2 Å². The Kier molecular flexibility index (Phi) is 6.65. The Morgan fingerprint density at radius 1 is 1.35 bits per heavy atom. The quantitative estimate of drug-likeness (QED) is 0.385. The van der Waals surface area contributed by atoms with E-state index >= 15 is 0 Å². The van der Waals surface area contributed by atoms with Gasteiger partial charge in [-0.1, -0.05) is 23.9 Å². The topological polar surface area (TPSA) is 77.7 Å². The van der Waals surface area contributed by atoms with Gasteiger partial charge in [0.25, 0.3) is 5.56 Å². The first-order chi connectivity index (χ1) is 12.6. The van der Waals surface area contributed by atoms with E-state index in [2.05, 4.69) is 10.3 Å². The van der Waals surface area contributed by atoms with Crippen LogP contribution in [-0.4, -0.2) is 60.6 Å². The normalized spacial score (nSPS) is 15.3. The number of aromatic nitrogens is 2. The summed E-state index contributed by atoms with van der Waals surface area (Å²) in [5.74, 6) is 0.220. The highest BCUT2D eigenvalue weighted by molar-refractivity contribution is 7.99. The maximum Gasteiger partial charge on any atom is 0.261 e. The van der Waals surface area contributed by atoms with Gasteiger partial charge in [-0.05, 0) is 12.1 Å². The number of benzene rings is 1. The number of fused-ring (bicyclic) bond motifs is 1. The molecule has 0 radical (unpaired) electrons. The van der Waals surface area contributed by atoms with Crippen LogP contribution in [0.3, 0.4) is 0 Å². The van der Waals surface area contributed by atoms with Gasteiger partial charge in [-0.25, -0.2) is 4.98 Å². The van der Waals surface area contributed by atoms with Crippen LogP contribution >= 0.6 is 11.8 Å². The number of carbonyl (C=O) groups is 1. The minimum atomic E-state index is -0.0907. The van der Waals surface area contributed by atoms with Gasteiger partial charge in [0.2, 0.25) is 5.91 Å². The molecular formula is C18H25N4O3S+. The fourth-order valence-corrected chi connectivity index (χ4v) is 3.79. The monoisotopic (exact) mass is 377 g/mol. The first-order valence-electron chi connectivity index (χ1n) is 8.92. The SMILES string of the molecule is Cn1c(SCC(=O)NCCC[NH+]2CCOCC2)nc2ccccc2c1=O. The van der Waals surface area contributed by atoms with Crippen molar-refractivity contribution >= 4 is 28.6 Å². The lowest BCUT2D eigenvalue weighted by Crippen LogP contribution is -3.14. The van der Waals surface area contributed by atoms with Crippen molar-refractivity contribution < 1.29 is 14.4 Å². The van der Waals surface area contributed by atoms with Crippen molar-refractivity contribution in [2.45, 2.75) is 11.6 Å². The van der Waals surface area contributed by atoms with E-state index in [0.717, 1.165) is 39.3 Å². The molecule has 0 unspecified atom stereocenters. The van der Waals surface area contributed by atoms with E-state index in [1.54, 1.807) is 13.1 Å². The van der Waals surface area contributed by atoms with Crippen LogP contribution in [0.2, 0.25) is 0 Å². The van der Waals surface area contributed by atoms with Crippen LogP contribution in [0.15, 0.2) is 34.2 Å². The second-order valence-corrected chi connectivity index (χ2v) is 7.32. The number of nitrogens with one attached hydrogen (secondary N) is 2. The summed E-state index contributed by atoms with van der Waals surface area (Å²) < 4.78 is 6.84. The largest absolute Gasteiger partial charge is 0.370 e. The summed E-state index contributed by atoms with van der Waals surface area (Å²) in [5, 5.41) is 4.09. The molecule has 1 amide bonds. The Labute approximate surface area is 156 Å². The molecule has 1 aliphatic rings. The van der Waals surface area contributed by atoms with Crippen LogP contribution in [0, 0.1) is 0 Å². The van der Waals surface area contributed by atoms with Crippen molar-refractivity contribution in [3.63, 3.8) is 0 Å². The van der Waals surface area contributed by atoms with E-state index in [1.165, 1.54) is 21.2 Å². The first kappa shape index (κ1) is 18.9. The fraction of sp³-hybridized carbons (Fsp3) is 0.500. The Balaban J connectivity index is 1.46. The summed E-state index contributed by atoms with van der Waals surface area (Å²) in [7, 11) is 1.69. The van der Waals surface area contributed by atoms with Gasteiger partial charge in [0.05, 0.1) is 36.4 Å². The molecule has 2 aromatic rings. The first-order valence-corrected chi connectivity index (χ1v) is 9.90. The number of carbonyl (C=O) groups excluding carboxylic acids is 1. The average Bonchev–Trinajstić information content (AvgIpc) is 2.68. The Morgan fingerprint density at radius 2 is 2.12 bits per heavy atom. The number of thioether (sulfide) groups is 1. The lowest BCUT2D eigenvalue weighted by atomic mass is 10.2. The highest BCUT2D eigenvalue weighted by atomic mass is 32.2. The van der Waals surface area contributed by atoms with Crippen LogP contribution in [0.25, 0.3) is 10.9 Å². The Hall–Kier alpha value is -1.90. The number of ether oxygens (including phenoxy) is 1. The molecule has 140 valence electrons. The van der Waals surface area contributed by atoms with Gasteiger partial charge in [-0.15, -0.1) is 0 Å². The van der Waals surface area contributed by atoms with Crippen molar-refractivity contribution in [1.29, 1.82) is 0 Å². The number of amides is 1. The van der Waals surface area contributed by atoms with E-state index in [9.17, 15) is 9.59 Å². The summed E-state index contributed by atoms with van der Waals surface area (Å²) in [4.78, 5) is 30.4. The molecule has 0 atom stereocenters. The number of rotatable bonds is 7. The molecule has 7 nitrogen and oxygen atoms in total. The van der Waals surface area contributed by atoms with Gasteiger partial charge in [0, 0.05) is 20.0 Å². The minimum Gasteiger partial charge on any atom is -0.370 e. The zero-order valence-electron chi connectivity index (χ0n) is 15.0. The Morgan fingerprint density at radius 3 is 2.92 bits per heavy atom. The molecule has 0 bridgehead atoms. The molecule has 26 heavy (non-hydrogen) atoms. The molecule has 3 rings (SSSR count). The molecule has 0 saturated carbocycles. The number of para-hydroxylation sites is 1. The molecule has 2 N–H and O–H groups in total. The lowest BCUT2D eigenvalue weighted by molar-refractivity contribution is -0.908. The highest BCUT2D eigenvalue weighted by Crippen LogP contribution is 2.16. The molecule has 1 fully saturated rings. The number of quaternary nitrogens is 1. The van der Waals surface area contributed by atoms with Crippen molar-refractivity contribution in [1.82, 2.24) is 14.9 Å². The van der Waals surface area contributed by atoms with E-state index in [1.807, 2.05) is 18.2 Å². The third kappa shape index (κ3) is 4.84. The van der Waals surface area contributed by atoms with E-state index in [0.29, 0.717) is 22.6 Å². The highest BCUT2D eigenvalue weighted by Gasteiger charge is 2.13. The lowest BCUT2D eigenvalue weighted by Gasteiger charge is -2.23. The molecular weight excluding hydrogens is 352 g/mol. The standard InChI is InChI=1S/C18H24N4O3S/c1-21-17(24)14-5-2-3-6-15(14)20-18(21)26-13-16(23)19-7-4-8-22-9-11-25-12-10-22/h2-3,5-6H,4,7-13H2,1H3,(H,19,23)/p+1. The van der Waals surface area contributed by atoms with Crippen molar-refractivity contribution in [3.8, 4) is 0 Å². The summed E-state index contributed by atoms with van der Waals surface area (Å²) >= 11 is 1.29. The molecule has 1 aromatic heterocycles. The smallest absolute Gasteiger partial charge is 0.261 e. The van der Waals surface area contributed by atoms with Crippen LogP contribution in [0.1, 0.15) is 6.42 Å². The summed E-state index contributed by atoms with van der Waals surface area (Å²) in [5.41, 5.74) is 0.569. The maximum absolute atomic E-state index is 12.4. The van der Waals surface area contributed by atoms with Gasteiger partial charge in [-0.2, -0.15) is 0 Å². The van der Waals surface area contributed by atoms with Gasteiger partial charge >= 0.3 is 0 Å². The number of hydrogen-bond donors (Lipinski definition) is 2. The molecule has 1 saturated heterocycles. The second kappa shape index (κ2) is 9.16.